The quantitative estimate of drug-likeness (QED) is 0.585. The molecule has 1 aliphatic rings. The number of methoxy groups -OCH3 is 2. The van der Waals surface area contributed by atoms with Crippen molar-refractivity contribution in [3.8, 4) is 17.2 Å². The molecule has 9 heteroatoms. The highest BCUT2D eigenvalue weighted by Gasteiger charge is 2.33. The molecule has 3 rings (SSSR count). The number of thiazole rings is 1. The number of nitrogens with zero attached hydrogens (tertiary/aromatic N) is 3. The molecule has 0 aliphatic carbocycles. The highest BCUT2D eigenvalue weighted by molar-refractivity contribution is 8.18. The lowest BCUT2D eigenvalue weighted by Crippen LogP contribution is -2.29. The minimum absolute atomic E-state index is 0.0909. The Bertz CT molecular complexity index is 898. The highest BCUT2D eigenvalue weighted by Crippen LogP contribution is 2.40. The average molecular weight is 403 g/mol. The number of hydrogen-bond donors (Lipinski definition) is 1. The molecule has 2 aromatic rings. The van der Waals surface area contributed by atoms with Crippen molar-refractivity contribution < 1.29 is 19.4 Å². The normalized spacial score (nSPS) is 17.0. The van der Waals surface area contributed by atoms with Gasteiger partial charge in [-0.2, -0.15) is 4.99 Å². The van der Waals surface area contributed by atoms with E-state index in [0.29, 0.717) is 27.3 Å². The van der Waals surface area contributed by atoms with Crippen molar-refractivity contribution in [1.82, 2.24) is 9.88 Å². The van der Waals surface area contributed by atoms with Gasteiger partial charge in [-0.15, -0.1) is 17.9 Å². The third-order valence-electron chi connectivity index (χ3n) is 3.61. The van der Waals surface area contributed by atoms with Gasteiger partial charge in [0.25, 0.3) is 5.91 Å². The molecule has 0 radical (unpaired) electrons. The molecule has 27 heavy (non-hydrogen) atoms. The van der Waals surface area contributed by atoms with Crippen LogP contribution in [-0.2, 0) is 4.79 Å². The summed E-state index contributed by atoms with van der Waals surface area (Å²) in [6.07, 6.45) is 5.01. The molecule has 0 saturated carbocycles. The Morgan fingerprint density at radius 1 is 1.33 bits per heavy atom. The van der Waals surface area contributed by atoms with Gasteiger partial charge in [0.2, 0.25) is 10.9 Å². The summed E-state index contributed by atoms with van der Waals surface area (Å²) in [6, 6.07) is 3.26. The number of amides is 1. The largest absolute Gasteiger partial charge is 0.502 e. The number of ether oxygens (including phenoxy) is 2. The first kappa shape index (κ1) is 19.0. The first-order chi connectivity index (χ1) is 13.1. The second-order valence-corrected chi connectivity index (χ2v) is 7.18. The molecule has 140 valence electrons. The molecular formula is C18H17N3O4S2. The van der Waals surface area contributed by atoms with Crippen LogP contribution < -0.4 is 9.47 Å². The minimum atomic E-state index is -0.179. The number of hydrogen-bond acceptors (Lipinski definition) is 8. The standard InChI is InChI=1S/C18H17N3O4S2/c1-4-6-21-16(23)14(27-18(21)20-17-19-5-7-26-17)10-11-8-12(24-2)15(22)13(9-11)25-3/h4-5,7-10,22H,1,6H2,2-3H3/b14-10-,20-18+. The SMILES string of the molecule is C=CCN1C(=O)/C(=C/c2cc(OC)c(O)c(OC)c2)S/C1=N/c1nccs1. The Kier molecular flexibility index (Phi) is 5.82. The van der Waals surface area contributed by atoms with Crippen LogP contribution in [-0.4, -0.2) is 46.8 Å². The second kappa shape index (κ2) is 8.28. The van der Waals surface area contributed by atoms with E-state index in [4.69, 9.17) is 9.47 Å². The summed E-state index contributed by atoms with van der Waals surface area (Å²) in [5, 5.41) is 13.0. The van der Waals surface area contributed by atoms with Gasteiger partial charge in [0, 0.05) is 18.1 Å². The Morgan fingerprint density at radius 3 is 2.59 bits per heavy atom. The van der Waals surface area contributed by atoms with Crippen LogP contribution >= 0.6 is 23.1 Å². The third-order valence-corrected chi connectivity index (χ3v) is 5.28. The summed E-state index contributed by atoms with van der Waals surface area (Å²) in [6.45, 7) is 4.05. The summed E-state index contributed by atoms with van der Waals surface area (Å²) < 4.78 is 10.3. The van der Waals surface area contributed by atoms with Crippen LogP contribution in [0.4, 0.5) is 5.13 Å². The van der Waals surface area contributed by atoms with Crippen molar-refractivity contribution in [2.45, 2.75) is 0 Å². The lowest BCUT2D eigenvalue weighted by atomic mass is 10.1. The van der Waals surface area contributed by atoms with Crippen LogP contribution in [0.15, 0.2) is 46.3 Å². The summed E-state index contributed by atoms with van der Waals surface area (Å²) in [5.41, 5.74) is 0.659. The zero-order chi connectivity index (χ0) is 19.4. The van der Waals surface area contributed by atoms with Crippen molar-refractivity contribution >= 4 is 45.4 Å². The molecule has 2 heterocycles. The van der Waals surface area contributed by atoms with Crippen LogP contribution in [0.3, 0.4) is 0 Å². The Balaban J connectivity index is 1.99. The maximum Gasteiger partial charge on any atom is 0.267 e. The molecular weight excluding hydrogens is 386 g/mol. The van der Waals surface area contributed by atoms with E-state index >= 15 is 0 Å². The van der Waals surface area contributed by atoms with Gasteiger partial charge in [-0.05, 0) is 35.5 Å². The number of benzene rings is 1. The van der Waals surface area contributed by atoms with Gasteiger partial charge in [0.15, 0.2) is 16.7 Å². The van der Waals surface area contributed by atoms with E-state index in [0.717, 1.165) is 0 Å². The van der Waals surface area contributed by atoms with Crippen LogP contribution in [0.1, 0.15) is 5.56 Å². The van der Waals surface area contributed by atoms with Gasteiger partial charge in [0.1, 0.15) is 0 Å². The van der Waals surface area contributed by atoms with Gasteiger partial charge >= 0.3 is 0 Å². The van der Waals surface area contributed by atoms with Crippen LogP contribution in [0, 0.1) is 0 Å². The monoisotopic (exact) mass is 403 g/mol. The number of carbonyl (C=O) groups is 1. The van der Waals surface area contributed by atoms with E-state index in [1.54, 1.807) is 35.4 Å². The fourth-order valence-electron chi connectivity index (χ4n) is 2.38. The number of aliphatic imine (C=N–C) groups is 1. The summed E-state index contributed by atoms with van der Waals surface area (Å²) in [7, 11) is 2.90. The highest BCUT2D eigenvalue weighted by atomic mass is 32.2. The Labute approximate surface area is 164 Å². The van der Waals surface area contributed by atoms with Gasteiger partial charge < -0.3 is 14.6 Å². The number of phenolic OH excluding ortho intramolecular Hbond substituents is 1. The van der Waals surface area contributed by atoms with E-state index in [9.17, 15) is 9.90 Å². The average Bonchev–Trinajstić information content (AvgIpc) is 3.27. The van der Waals surface area contributed by atoms with Crippen molar-refractivity contribution in [3.05, 3.63) is 46.8 Å². The predicted octanol–water partition coefficient (Wildman–Crippen LogP) is 3.66. The zero-order valence-corrected chi connectivity index (χ0v) is 16.3. The van der Waals surface area contributed by atoms with E-state index in [2.05, 4.69) is 16.6 Å². The second-order valence-electron chi connectivity index (χ2n) is 5.30. The lowest BCUT2D eigenvalue weighted by molar-refractivity contribution is -0.121. The third kappa shape index (κ3) is 3.99. The maximum atomic E-state index is 12.8. The minimum Gasteiger partial charge on any atom is -0.502 e. The van der Waals surface area contributed by atoms with Gasteiger partial charge in [0.05, 0.1) is 19.1 Å². The predicted molar refractivity (Wildman–Crippen MR) is 108 cm³/mol. The van der Waals surface area contributed by atoms with Gasteiger partial charge in [-0.25, -0.2) is 4.98 Å². The molecule has 0 unspecified atom stereocenters. The molecule has 1 saturated heterocycles. The molecule has 0 bridgehead atoms. The van der Waals surface area contributed by atoms with E-state index in [1.165, 1.54) is 37.3 Å². The van der Waals surface area contributed by atoms with Crippen molar-refractivity contribution in [3.63, 3.8) is 0 Å². The number of phenols is 1. The van der Waals surface area contributed by atoms with Crippen LogP contribution in [0.25, 0.3) is 6.08 Å². The van der Waals surface area contributed by atoms with Crippen molar-refractivity contribution in [1.29, 1.82) is 0 Å². The zero-order valence-electron chi connectivity index (χ0n) is 14.7. The molecule has 1 amide bonds. The van der Waals surface area contributed by atoms with E-state index < -0.39 is 0 Å². The number of amidine groups is 1. The molecule has 1 aromatic carbocycles. The fraction of sp³-hybridized carbons (Fsp3) is 0.167. The van der Waals surface area contributed by atoms with Gasteiger partial charge in [-0.1, -0.05) is 6.08 Å². The van der Waals surface area contributed by atoms with E-state index in [-0.39, 0.29) is 23.2 Å². The Hall–Kier alpha value is -2.78. The van der Waals surface area contributed by atoms with Crippen molar-refractivity contribution in [2.75, 3.05) is 20.8 Å². The number of carbonyl (C=O) groups excluding carboxylic acids is 1. The van der Waals surface area contributed by atoms with Gasteiger partial charge in [-0.3, -0.25) is 9.69 Å². The molecule has 0 atom stereocenters. The Morgan fingerprint density at radius 2 is 2.04 bits per heavy atom. The maximum absolute atomic E-state index is 12.8. The number of thioether (sulfide) groups is 1. The molecule has 1 fully saturated rings. The van der Waals surface area contributed by atoms with Crippen molar-refractivity contribution in [2.24, 2.45) is 4.99 Å². The smallest absolute Gasteiger partial charge is 0.267 e. The first-order valence-electron chi connectivity index (χ1n) is 7.82. The topological polar surface area (TPSA) is 84.2 Å². The lowest BCUT2D eigenvalue weighted by Gasteiger charge is -2.12. The van der Waals surface area contributed by atoms with Crippen LogP contribution in [0.5, 0.6) is 17.2 Å². The summed E-state index contributed by atoms with van der Waals surface area (Å²) in [4.78, 5) is 23.4. The summed E-state index contributed by atoms with van der Waals surface area (Å²) >= 11 is 2.65. The van der Waals surface area contributed by atoms with E-state index in [1.807, 2.05) is 5.38 Å². The molecule has 0 spiro atoms. The number of rotatable bonds is 6. The first-order valence-corrected chi connectivity index (χ1v) is 9.52. The number of aromatic hydroxyl groups is 1. The summed E-state index contributed by atoms with van der Waals surface area (Å²) in [5.74, 6) is 0.251. The molecule has 1 N–H and O–H groups in total. The molecule has 1 aromatic heterocycles. The molecule has 7 nitrogen and oxygen atoms in total. The van der Waals surface area contributed by atoms with Crippen LogP contribution in [0.2, 0.25) is 0 Å². The fourth-order valence-corrected chi connectivity index (χ4v) is 3.93. The number of aromatic nitrogens is 1. The molecule has 1 aliphatic heterocycles.